The lowest BCUT2D eigenvalue weighted by Crippen LogP contribution is -2.58. The lowest BCUT2D eigenvalue weighted by Gasteiger charge is -2.44. The molecule has 0 saturated carbocycles. The molecule has 1 saturated heterocycles. The predicted octanol–water partition coefficient (Wildman–Crippen LogP) is 0.259. The number of aliphatic carboxylic acids is 1. The van der Waals surface area contributed by atoms with Gasteiger partial charge in [-0.1, -0.05) is 0 Å². The van der Waals surface area contributed by atoms with E-state index in [4.69, 9.17) is 5.11 Å². The summed E-state index contributed by atoms with van der Waals surface area (Å²) < 4.78 is 0. The largest absolute Gasteiger partial charge is 0.479 e. The Bertz CT molecular complexity index is 276. The Morgan fingerprint density at radius 2 is 2.50 bits per heavy atom. The second-order valence-electron chi connectivity index (χ2n) is 2.71. The van der Waals surface area contributed by atoms with Crippen LogP contribution in [0.25, 0.3) is 0 Å². The van der Waals surface area contributed by atoms with E-state index in [-0.39, 0.29) is 11.3 Å². The van der Waals surface area contributed by atoms with Gasteiger partial charge in [-0.2, -0.15) is 0 Å². The Morgan fingerprint density at radius 3 is 3.00 bits per heavy atom. The molecule has 0 radical (unpaired) electrons. The van der Waals surface area contributed by atoms with Crippen LogP contribution in [-0.4, -0.2) is 33.3 Å². The van der Waals surface area contributed by atoms with Crippen LogP contribution in [0.4, 0.5) is 0 Å². The number of fused-ring (bicyclic) bond motifs is 1. The average Bonchev–Trinajstić information content (AvgIpc) is 2.01. The smallest absolute Gasteiger partial charge is 0.330 e. The molecule has 2 rings (SSSR count). The summed E-state index contributed by atoms with van der Waals surface area (Å²) in [7, 11) is 0. The van der Waals surface area contributed by atoms with Gasteiger partial charge in [0, 0.05) is 0 Å². The monoisotopic (exact) mass is 185 g/mol. The molecule has 64 valence electrons. The molecule has 0 aromatic carbocycles. The zero-order valence-corrected chi connectivity index (χ0v) is 6.95. The number of hydrogen-bond acceptors (Lipinski definition) is 3. The summed E-state index contributed by atoms with van der Waals surface area (Å²) in [5.41, 5.74) is 0. The average molecular weight is 185 g/mol. The number of β-lactam (4-membered cyclic amide) rings is 1. The highest BCUT2D eigenvalue weighted by atomic mass is 32.2. The molecule has 1 unspecified atom stereocenters. The molecular weight excluding hydrogens is 178 g/mol. The third kappa shape index (κ3) is 0.929. The fourth-order valence-corrected chi connectivity index (χ4v) is 2.39. The molecule has 2 aliphatic heterocycles. The van der Waals surface area contributed by atoms with Gasteiger partial charge in [-0.15, -0.1) is 11.8 Å². The van der Waals surface area contributed by atoms with Crippen molar-refractivity contribution in [2.75, 3.05) is 0 Å². The quantitative estimate of drug-likeness (QED) is 0.595. The number of carboxylic acids is 1. The van der Waals surface area contributed by atoms with E-state index in [1.54, 1.807) is 11.5 Å². The van der Waals surface area contributed by atoms with Gasteiger partial charge in [0.15, 0.2) is 0 Å². The van der Waals surface area contributed by atoms with Crippen LogP contribution in [0.3, 0.4) is 0 Å². The van der Waals surface area contributed by atoms with E-state index in [1.165, 1.54) is 16.7 Å². The molecule has 1 amide bonds. The molecule has 2 aliphatic rings. The maximum absolute atomic E-state index is 11.0. The minimum atomic E-state index is -0.954. The van der Waals surface area contributed by atoms with E-state index < -0.39 is 12.0 Å². The number of nitrogens with zero attached hydrogens (tertiary/aromatic N) is 1. The van der Waals surface area contributed by atoms with Gasteiger partial charge in [0.05, 0.1) is 11.8 Å². The highest BCUT2D eigenvalue weighted by Crippen LogP contribution is 2.36. The van der Waals surface area contributed by atoms with E-state index in [0.29, 0.717) is 6.42 Å². The molecule has 4 nitrogen and oxygen atoms in total. The van der Waals surface area contributed by atoms with Crippen LogP contribution in [0.15, 0.2) is 11.5 Å². The molecule has 0 spiro atoms. The fourth-order valence-electron chi connectivity index (χ4n) is 1.35. The van der Waals surface area contributed by atoms with E-state index in [1.807, 2.05) is 0 Å². The van der Waals surface area contributed by atoms with Gasteiger partial charge in [0.1, 0.15) is 6.04 Å². The number of carbonyl (C=O) groups excluding carboxylic acids is 1. The van der Waals surface area contributed by atoms with E-state index in [9.17, 15) is 9.59 Å². The molecule has 2 heterocycles. The fraction of sp³-hybridized carbons (Fsp3) is 0.429. The maximum Gasteiger partial charge on any atom is 0.330 e. The van der Waals surface area contributed by atoms with Crippen LogP contribution in [0.2, 0.25) is 0 Å². The van der Waals surface area contributed by atoms with Crippen LogP contribution >= 0.6 is 11.8 Å². The van der Waals surface area contributed by atoms with Gasteiger partial charge >= 0.3 is 5.97 Å². The van der Waals surface area contributed by atoms with Crippen molar-refractivity contribution in [3.8, 4) is 0 Å². The van der Waals surface area contributed by atoms with E-state index in [2.05, 4.69) is 0 Å². The van der Waals surface area contributed by atoms with Gasteiger partial charge in [-0.3, -0.25) is 4.79 Å². The van der Waals surface area contributed by atoms with Gasteiger partial charge in [-0.25, -0.2) is 4.79 Å². The summed E-state index contributed by atoms with van der Waals surface area (Å²) in [5.74, 6) is -1.02. The molecule has 2 atom stereocenters. The highest BCUT2D eigenvalue weighted by molar-refractivity contribution is 8.02. The van der Waals surface area contributed by atoms with Crippen LogP contribution in [0.1, 0.15) is 6.42 Å². The van der Waals surface area contributed by atoms with Gasteiger partial charge in [0.2, 0.25) is 5.91 Å². The summed E-state index contributed by atoms with van der Waals surface area (Å²) in [6.07, 6.45) is 2.01. The summed E-state index contributed by atoms with van der Waals surface area (Å²) in [5, 5.41) is 10.5. The third-order valence-electron chi connectivity index (χ3n) is 2.00. The predicted molar refractivity (Wildman–Crippen MR) is 43.4 cm³/mol. The normalized spacial score (nSPS) is 32.7. The lowest BCUT2D eigenvalue weighted by atomic mass is 10.1. The number of thioether (sulfide) groups is 1. The van der Waals surface area contributed by atoms with Gasteiger partial charge in [-0.05, 0) is 11.5 Å². The summed E-state index contributed by atoms with van der Waals surface area (Å²) >= 11 is 1.50. The van der Waals surface area contributed by atoms with Crippen molar-refractivity contribution in [1.82, 2.24) is 4.90 Å². The zero-order valence-electron chi connectivity index (χ0n) is 6.14. The van der Waals surface area contributed by atoms with Crippen molar-refractivity contribution in [3.05, 3.63) is 11.5 Å². The minimum absolute atomic E-state index is 0.0589. The molecular formula is C7H7NO3S. The van der Waals surface area contributed by atoms with E-state index >= 15 is 0 Å². The second kappa shape index (κ2) is 2.52. The Labute approximate surface area is 73.2 Å². The first-order valence-corrected chi connectivity index (χ1v) is 4.50. The number of carbonyl (C=O) groups is 2. The second-order valence-corrected chi connectivity index (χ2v) is 3.80. The summed E-state index contributed by atoms with van der Waals surface area (Å²) in [4.78, 5) is 23.0. The first-order valence-electron chi connectivity index (χ1n) is 3.56. The van der Waals surface area contributed by atoms with Crippen molar-refractivity contribution in [2.24, 2.45) is 0 Å². The molecule has 0 bridgehead atoms. The summed E-state index contributed by atoms with van der Waals surface area (Å²) in [6, 6.07) is -0.738. The molecule has 0 aromatic heterocycles. The zero-order chi connectivity index (χ0) is 8.72. The van der Waals surface area contributed by atoms with Crippen molar-refractivity contribution in [2.45, 2.75) is 17.8 Å². The number of carboxylic acid groups (broad SMARTS) is 1. The molecule has 1 fully saturated rings. The van der Waals surface area contributed by atoms with Gasteiger partial charge < -0.3 is 10.0 Å². The van der Waals surface area contributed by atoms with Crippen molar-refractivity contribution in [3.63, 3.8) is 0 Å². The van der Waals surface area contributed by atoms with Crippen LogP contribution < -0.4 is 0 Å². The minimum Gasteiger partial charge on any atom is -0.479 e. The highest BCUT2D eigenvalue weighted by Gasteiger charge is 2.44. The third-order valence-corrected chi connectivity index (χ3v) is 3.02. The van der Waals surface area contributed by atoms with Crippen LogP contribution in [-0.2, 0) is 9.59 Å². The van der Waals surface area contributed by atoms with Crippen molar-refractivity contribution in [1.29, 1.82) is 0 Å². The SMILES string of the molecule is O=C(O)C1C=CS[C@H]2CC(=O)N12. The van der Waals surface area contributed by atoms with Crippen molar-refractivity contribution < 1.29 is 14.7 Å². The maximum atomic E-state index is 11.0. The standard InChI is InChI=1S/C7H7NO3S/c9-5-3-6-8(5)4(7(10)11)1-2-12-6/h1-2,4,6H,3H2,(H,10,11)/t4?,6-/m0/s1. The lowest BCUT2D eigenvalue weighted by molar-refractivity contribution is -0.155. The molecule has 1 N–H and O–H groups in total. The van der Waals surface area contributed by atoms with Crippen molar-refractivity contribution >= 4 is 23.6 Å². The van der Waals surface area contributed by atoms with Gasteiger partial charge in [0.25, 0.3) is 0 Å². The van der Waals surface area contributed by atoms with Crippen LogP contribution in [0, 0.1) is 0 Å². The molecule has 12 heavy (non-hydrogen) atoms. The first-order chi connectivity index (χ1) is 5.70. The Kier molecular flexibility index (Phi) is 1.61. The number of amides is 1. The van der Waals surface area contributed by atoms with E-state index in [0.717, 1.165) is 0 Å². The molecule has 0 aromatic rings. The Hall–Kier alpha value is -0.970. The topological polar surface area (TPSA) is 57.6 Å². The molecule has 0 aliphatic carbocycles. The Balaban J connectivity index is 2.22. The number of hydrogen-bond donors (Lipinski definition) is 1. The molecule has 5 heteroatoms. The Morgan fingerprint density at radius 1 is 1.75 bits per heavy atom. The summed E-state index contributed by atoms with van der Waals surface area (Å²) in [6.45, 7) is 0. The number of rotatable bonds is 1. The first kappa shape index (κ1) is 7.67. The van der Waals surface area contributed by atoms with Crippen LogP contribution in [0.5, 0.6) is 0 Å².